The van der Waals surface area contributed by atoms with Gasteiger partial charge in [0.1, 0.15) is 11.8 Å². The number of hydrogen-bond donors (Lipinski definition) is 2. The Morgan fingerprint density at radius 2 is 1.95 bits per heavy atom. The predicted octanol–water partition coefficient (Wildman–Crippen LogP) is 3.06. The first-order valence-corrected chi connectivity index (χ1v) is 6.16. The third kappa shape index (κ3) is 3.57. The zero-order chi connectivity index (χ0) is 13.7. The molecule has 96 valence electrons. The molecule has 3 heteroatoms. The van der Waals surface area contributed by atoms with Crippen molar-refractivity contribution < 1.29 is 5.11 Å². The molecule has 3 nitrogen and oxygen atoms in total. The van der Waals surface area contributed by atoms with E-state index in [1.165, 1.54) is 5.56 Å². The summed E-state index contributed by atoms with van der Waals surface area (Å²) >= 11 is 0. The van der Waals surface area contributed by atoms with Crippen LogP contribution in [0.4, 0.5) is 0 Å². The Morgan fingerprint density at radius 3 is 2.58 bits per heavy atom. The van der Waals surface area contributed by atoms with Crippen molar-refractivity contribution in [3.63, 3.8) is 0 Å². The lowest BCUT2D eigenvalue weighted by Gasteiger charge is -2.12. The molecular weight excluding hydrogens is 236 g/mol. The van der Waals surface area contributed by atoms with Gasteiger partial charge in [0, 0.05) is 6.54 Å². The van der Waals surface area contributed by atoms with E-state index in [1.54, 1.807) is 18.2 Å². The Bertz CT molecular complexity index is 584. The van der Waals surface area contributed by atoms with E-state index in [9.17, 15) is 10.4 Å². The molecule has 0 saturated carbocycles. The quantitative estimate of drug-likeness (QED) is 0.879. The summed E-state index contributed by atoms with van der Waals surface area (Å²) in [5.41, 5.74) is 3.12. The standard InChI is InChI=1S/C16H16N2O/c1-12-5-7-13(8-6-12)11-18-16(10-17)14-3-2-4-15(19)9-14/h2-9,16,18-19H,11H2,1H3. The molecule has 0 aliphatic heterocycles. The molecule has 2 N–H and O–H groups in total. The van der Waals surface area contributed by atoms with E-state index in [4.69, 9.17) is 0 Å². The summed E-state index contributed by atoms with van der Waals surface area (Å²) in [5.74, 6) is 0.176. The molecule has 0 radical (unpaired) electrons. The van der Waals surface area contributed by atoms with Gasteiger partial charge < -0.3 is 5.11 Å². The molecule has 0 aliphatic rings. The Balaban J connectivity index is 2.04. The molecule has 2 rings (SSSR count). The summed E-state index contributed by atoms with van der Waals surface area (Å²) in [5, 5.41) is 21.8. The fourth-order valence-electron chi connectivity index (χ4n) is 1.87. The first-order valence-electron chi connectivity index (χ1n) is 6.16. The molecular formula is C16H16N2O. The first kappa shape index (κ1) is 13.1. The molecule has 0 saturated heterocycles. The van der Waals surface area contributed by atoms with Gasteiger partial charge in [-0.25, -0.2) is 0 Å². The normalized spacial score (nSPS) is 11.8. The molecule has 0 spiro atoms. The van der Waals surface area contributed by atoms with Gasteiger partial charge in [0.15, 0.2) is 0 Å². The number of rotatable bonds is 4. The van der Waals surface area contributed by atoms with Gasteiger partial charge in [0.05, 0.1) is 6.07 Å². The van der Waals surface area contributed by atoms with Gasteiger partial charge in [-0.15, -0.1) is 0 Å². The number of aromatic hydroxyl groups is 1. The molecule has 0 amide bonds. The van der Waals surface area contributed by atoms with E-state index in [-0.39, 0.29) is 5.75 Å². The molecule has 0 bridgehead atoms. The summed E-state index contributed by atoms with van der Waals surface area (Å²) in [6, 6.07) is 16.7. The average Bonchev–Trinajstić information content (AvgIpc) is 2.42. The Labute approximate surface area is 113 Å². The van der Waals surface area contributed by atoms with E-state index in [0.717, 1.165) is 11.1 Å². The second kappa shape index (κ2) is 6.03. The van der Waals surface area contributed by atoms with Gasteiger partial charge in [0.25, 0.3) is 0 Å². The largest absolute Gasteiger partial charge is 0.508 e. The smallest absolute Gasteiger partial charge is 0.121 e. The topological polar surface area (TPSA) is 56.0 Å². The van der Waals surface area contributed by atoms with Crippen molar-refractivity contribution in [1.82, 2.24) is 5.32 Å². The third-order valence-corrected chi connectivity index (χ3v) is 2.96. The van der Waals surface area contributed by atoms with Crippen LogP contribution in [-0.4, -0.2) is 5.11 Å². The number of benzene rings is 2. The third-order valence-electron chi connectivity index (χ3n) is 2.96. The Kier molecular flexibility index (Phi) is 4.17. The van der Waals surface area contributed by atoms with Crippen LogP contribution in [0.2, 0.25) is 0 Å². The van der Waals surface area contributed by atoms with Gasteiger partial charge in [-0.05, 0) is 30.2 Å². The highest BCUT2D eigenvalue weighted by atomic mass is 16.3. The van der Waals surface area contributed by atoms with Crippen molar-refractivity contribution >= 4 is 0 Å². The highest BCUT2D eigenvalue weighted by molar-refractivity contribution is 5.32. The van der Waals surface area contributed by atoms with Crippen molar-refractivity contribution in [1.29, 1.82) is 5.26 Å². The monoisotopic (exact) mass is 252 g/mol. The van der Waals surface area contributed by atoms with E-state index in [1.807, 2.05) is 37.3 Å². The van der Waals surface area contributed by atoms with Crippen LogP contribution in [0, 0.1) is 18.3 Å². The summed E-state index contributed by atoms with van der Waals surface area (Å²) < 4.78 is 0. The molecule has 0 aromatic heterocycles. The van der Waals surface area contributed by atoms with Gasteiger partial charge >= 0.3 is 0 Å². The summed E-state index contributed by atoms with van der Waals surface area (Å²) in [6.07, 6.45) is 0. The second-order valence-corrected chi connectivity index (χ2v) is 4.52. The number of phenols is 1. The fourth-order valence-corrected chi connectivity index (χ4v) is 1.87. The maximum Gasteiger partial charge on any atom is 0.121 e. The van der Waals surface area contributed by atoms with Gasteiger partial charge in [0.2, 0.25) is 0 Å². The van der Waals surface area contributed by atoms with E-state index >= 15 is 0 Å². The van der Waals surface area contributed by atoms with E-state index < -0.39 is 6.04 Å². The van der Waals surface area contributed by atoms with Crippen LogP contribution in [0.5, 0.6) is 5.75 Å². The van der Waals surface area contributed by atoms with Crippen LogP contribution < -0.4 is 5.32 Å². The molecule has 2 aromatic rings. The van der Waals surface area contributed by atoms with Crippen LogP contribution in [0.3, 0.4) is 0 Å². The number of hydrogen-bond acceptors (Lipinski definition) is 3. The summed E-state index contributed by atoms with van der Waals surface area (Å²) in [7, 11) is 0. The predicted molar refractivity (Wildman–Crippen MR) is 74.5 cm³/mol. The Morgan fingerprint density at radius 1 is 1.21 bits per heavy atom. The van der Waals surface area contributed by atoms with Crippen molar-refractivity contribution in [2.45, 2.75) is 19.5 Å². The average molecular weight is 252 g/mol. The molecule has 0 fully saturated rings. The lowest BCUT2D eigenvalue weighted by atomic mass is 10.1. The number of nitrogens with zero attached hydrogens (tertiary/aromatic N) is 1. The number of nitriles is 1. The minimum atomic E-state index is -0.423. The lowest BCUT2D eigenvalue weighted by Crippen LogP contribution is -2.19. The minimum Gasteiger partial charge on any atom is -0.508 e. The molecule has 0 heterocycles. The van der Waals surface area contributed by atoms with Crippen molar-refractivity contribution in [2.24, 2.45) is 0 Å². The maximum atomic E-state index is 9.44. The van der Waals surface area contributed by atoms with Crippen molar-refractivity contribution in [3.05, 3.63) is 65.2 Å². The summed E-state index contributed by atoms with van der Waals surface area (Å²) in [6.45, 7) is 2.66. The molecule has 2 aromatic carbocycles. The van der Waals surface area contributed by atoms with Crippen molar-refractivity contribution in [3.8, 4) is 11.8 Å². The van der Waals surface area contributed by atoms with Crippen molar-refractivity contribution in [2.75, 3.05) is 0 Å². The van der Waals surface area contributed by atoms with E-state index in [0.29, 0.717) is 6.54 Å². The van der Waals surface area contributed by atoms with E-state index in [2.05, 4.69) is 11.4 Å². The fraction of sp³-hybridized carbons (Fsp3) is 0.188. The van der Waals surface area contributed by atoms with Crippen LogP contribution in [0.15, 0.2) is 48.5 Å². The maximum absolute atomic E-state index is 9.44. The molecule has 19 heavy (non-hydrogen) atoms. The van der Waals surface area contributed by atoms with Crippen LogP contribution in [-0.2, 0) is 6.54 Å². The van der Waals surface area contributed by atoms with Crippen LogP contribution >= 0.6 is 0 Å². The molecule has 1 atom stereocenters. The number of nitrogens with one attached hydrogen (secondary N) is 1. The number of aryl methyl sites for hydroxylation is 1. The van der Waals surface area contributed by atoms with Gasteiger partial charge in [-0.2, -0.15) is 5.26 Å². The van der Waals surface area contributed by atoms with Crippen LogP contribution in [0.25, 0.3) is 0 Å². The molecule has 1 unspecified atom stereocenters. The van der Waals surface area contributed by atoms with Gasteiger partial charge in [-0.3, -0.25) is 5.32 Å². The first-order chi connectivity index (χ1) is 9.19. The highest BCUT2D eigenvalue weighted by Gasteiger charge is 2.10. The molecule has 0 aliphatic carbocycles. The van der Waals surface area contributed by atoms with Gasteiger partial charge in [-0.1, -0.05) is 42.0 Å². The Hall–Kier alpha value is -2.31. The summed E-state index contributed by atoms with van der Waals surface area (Å²) in [4.78, 5) is 0. The zero-order valence-electron chi connectivity index (χ0n) is 10.8. The number of phenolic OH excluding ortho intramolecular Hbond substituents is 1. The SMILES string of the molecule is Cc1ccc(CNC(C#N)c2cccc(O)c2)cc1. The minimum absolute atomic E-state index is 0.176. The van der Waals surface area contributed by atoms with Crippen LogP contribution in [0.1, 0.15) is 22.7 Å². The highest BCUT2D eigenvalue weighted by Crippen LogP contribution is 2.18. The lowest BCUT2D eigenvalue weighted by molar-refractivity contribution is 0.473. The second-order valence-electron chi connectivity index (χ2n) is 4.52. The zero-order valence-corrected chi connectivity index (χ0v) is 10.8.